The van der Waals surface area contributed by atoms with Crippen molar-refractivity contribution in [3.63, 3.8) is 0 Å². The van der Waals surface area contributed by atoms with Gasteiger partial charge in [0.1, 0.15) is 0 Å². The van der Waals surface area contributed by atoms with Crippen LogP contribution in [0.4, 0.5) is 11.4 Å². The normalized spacial score (nSPS) is 10.2. The SMILES string of the molecule is Nc1cccc(SCC(=O)Nc2cccc(Br)c2)c1. The molecule has 2 aromatic carbocycles. The summed E-state index contributed by atoms with van der Waals surface area (Å²) >= 11 is 4.83. The molecular formula is C14H13BrN2OS. The summed E-state index contributed by atoms with van der Waals surface area (Å²) in [6.45, 7) is 0. The first-order valence-electron chi connectivity index (χ1n) is 5.67. The van der Waals surface area contributed by atoms with E-state index in [1.165, 1.54) is 11.8 Å². The lowest BCUT2D eigenvalue weighted by Gasteiger charge is -2.06. The molecule has 0 saturated heterocycles. The Balaban J connectivity index is 1.88. The van der Waals surface area contributed by atoms with E-state index in [1.54, 1.807) is 0 Å². The van der Waals surface area contributed by atoms with Gasteiger partial charge in [-0.25, -0.2) is 0 Å². The lowest BCUT2D eigenvalue weighted by molar-refractivity contribution is -0.113. The number of benzene rings is 2. The van der Waals surface area contributed by atoms with Crippen LogP contribution in [-0.4, -0.2) is 11.7 Å². The summed E-state index contributed by atoms with van der Waals surface area (Å²) in [7, 11) is 0. The molecule has 0 aliphatic rings. The highest BCUT2D eigenvalue weighted by molar-refractivity contribution is 9.10. The van der Waals surface area contributed by atoms with Crippen LogP contribution in [0.2, 0.25) is 0 Å². The molecule has 1 amide bonds. The number of hydrogen-bond acceptors (Lipinski definition) is 3. The Morgan fingerprint density at radius 3 is 2.74 bits per heavy atom. The van der Waals surface area contributed by atoms with Crippen molar-refractivity contribution in [2.45, 2.75) is 4.90 Å². The average Bonchev–Trinajstić information content (AvgIpc) is 2.36. The molecule has 0 saturated carbocycles. The van der Waals surface area contributed by atoms with Crippen molar-refractivity contribution in [1.29, 1.82) is 0 Å². The first kappa shape index (κ1) is 14.0. The van der Waals surface area contributed by atoms with Gasteiger partial charge in [0.25, 0.3) is 0 Å². The number of carbonyl (C=O) groups is 1. The minimum Gasteiger partial charge on any atom is -0.399 e. The van der Waals surface area contributed by atoms with Crippen molar-refractivity contribution >= 4 is 45.0 Å². The van der Waals surface area contributed by atoms with Gasteiger partial charge in [-0.2, -0.15) is 0 Å². The summed E-state index contributed by atoms with van der Waals surface area (Å²) in [5.74, 6) is 0.321. The van der Waals surface area contributed by atoms with Gasteiger partial charge in [0.15, 0.2) is 0 Å². The molecular weight excluding hydrogens is 324 g/mol. The van der Waals surface area contributed by atoms with E-state index < -0.39 is 0 Å². The summed E-state index contributed by atoms with van der Waals surface area (Å²) in [6, 6.07) is 15.0. The van der Waals surface area contributed by atoms with Crippen LogP contribution in [-0.2, 0) is 4.79 Å². The van der Waals surface area contributed by atoms with Crippen molar-refractivity contribution in [2.24, 2.45) is 0 Å². The molecule has 0 aromatic heterocycles. The Morgan fingerprint density at radius 1 is 1.21 bits per heavy atom. The van der Waals surface area contributed by atoms with Crippen LogP contribution >= 0.6 is 27.7 Å². The summed E-state index contributed by atoms with van der Waals surface area (Å²) in [5.41, 5.74) is 7.18. The first-order valence-corrected chi connectivity index (χ1v) is 7.45. The molecule has 0 aliphatic carbocycles. The second kappa shape index (κ2) is 6.63. The fourth-order valence-electron chi connectivity index (χ4n) is 1.52. The molecule has 0 radical (unpaired) electrons. The van der Waals surface area contributed by atoms with E-state index in [-0.39, 0.29) is 5.91 Å². The zero-order chi connectivity index (χ0) is 13.7. The molecule has 0 aliphatic heterocycles. The number of thioether (sulfide) groups is 1. The molecule has 0 heterocycles. The molecule has 0 unspecified atom stereocenters. The number of nitrogens with one attached hydrogen (secondary N) is 1. The number of amides is 1. The van der Waals surface area contributed by atoms with Crippen LogP contribution in [0.15, 0.2) is 57.9 Å². The maximum Gasteiger partial charge on any atom is 0.234 e. The van der Waals surface area contributed by atoms with Crippen molar-refractivity contribution in [2.75, 3.05) is 16.8 Å². The maximum atomic E-state index is 11.8. The predicted octanol–water partition coefficient (Wildman–Crippen LogP) is 3.76. The number of hydrogen-bond donors (Lipinski definition) is 2. The van der Waals surface area contributed by atoms with Gasteiger partial charge in [-0.05, 0) is 36.4 Å². The van der Waals surface area contributed by atoms with Crippen LogP contribution in [0.25, 0.3) is 0 Å². The predicted molar refractivity (Wildman–Crippen MR) is 84.4 cm³/mol. The summed E-state index contributed by atoms with van der Waals surface area (Å²) in [5, 5.41) is 2.85. The smallest absolute Gasteiger partial charge is 0.234 e. The van der Waals surface area contributed by atoms with Gasteiger partial charge in [-0.1, -0.05) is 28.1 Å². The zero-order valence-electron chi connectivity index (χ0n) is 10.1. The van der Waals surface area contributed by atoms with Crippen molar-refractivity contribution in [3.05, 3.63) is 53.0 Å². The highest BCUT2D eigenvalue weighted by atomic mass is 79.9. The van der Waals surface area contributed by atoms with Crippen LogP contribution in [0, 0.1) is 0 Å². The third kappa shape index (κ3) is 4.61. The number of anilines is 2. The highest BCUT2D eigenvalue weighted by Crippen LogP contribution is 2.21. The first-order chi connectivity index (χ1) is 9.13. The monoisotopic (exact) mass is 336 g/mol. The van der Waals surface area contributed by atoms with Crippen molar-refractivity contribution in [3.8, 4) is 0 Å². The fourth-order valence-corrected chi connectivity index (χ4v) is 2.68. The molecule has 98 valence electrons. The molecule has 0 spiro atoms. The molecule has 5 heteroatoms. The molecule has 2 aromatic rings. The number of carbonyl (C=O) groups excluding carboxylic acids is 1. The highest BCUT2D eigenvalue weighted by Gasteiger charge is 2.04. The van der Waals surface area contributed by atoms with E-state index in [0.29, 0.717) is 11.4 Å². The van der Waals surface area contributed by atoms with E-state index >= 15 is 0 Å². The third-order valence-electron chi connectivity index (χ3n) is 2.34. The summed E-state index contributed by atoms with van der Waals surface area (Å²) < 4.78 is 0.939. The molecule has 0 fully saturated rings. The topological polar surface area (TPSA) is 55.1 Å². The van der Waals surface area contributed by atoms with Gasteiger partial charge in [-0.3, -0.25) is 4.79 Å². The van der Waals surface area contributed by atoms with Gasteiger partial charge >= 0.3 is 0 Å². The number of nitrogens with two attached hydrogens (primary N) is 1. The minimum absolute atomic E-state index is 0.0366. The lowest BCUT2D eigenvalue weighted by Crippen LogP contribution is -2.13. The van der Waals surface area contributed by atoms with Crippen LogP contribution in [0.5, 0.6) is 0 Å². The zero-order valence-corrected chi connectivity index (χ0v) is 12.5. The van der Waals surface area contributed by atoms with Crippen LogP contribution in [0.1, 0.15) is 0 Å². The Hall–Kier alpha value is -1.46. The molecule has 3 N–H and O–H groups in total. The summed E-state index contributed by atoms with van der Waals surface area (Å²) in [4.78, 5) is 12.8. The number of halogens is 1. The Kier molecular flexibility index (Phi) is 4.87. The van der Waals surface area contributed by atoms with Crippen molar-refractivity contribution in [1.82, 2.24) is 0 Å². The van der Waals surface area contributed by atoms with E-state index in [1.807, 2.05) is 48.5 Å². The Labute approximate surface area is 124 Å². The minimum atomic E-state index is -0.0366. The Morgan fingerprint density at radius 2 is 2.00 bits per heavy atom. The van der Waals surface area contributed by atoms with Crippen LogP contribution < -0.4 is 11.1 Å². The van der Waals surface area contributed by atoms with Gasteiger partial charge < -0.3 is 11.1 Å². The van der Waals surface area contributed by atoms with E-state index in [9.17, 15) is 4.79 Å². The van der Waals surface area contributed by atoms with Crippen LogP contribution in [0.3, 0.4) is 0 Å². The van der Waals surface area contributed by atoms with Gasteiger partial charge in [0, 0.05) is 20.7 Å². The standard InChI is InChI=1S/C14H13BrN2OS/c15-10-3-1-5-12(7-10)17-14(18)9-19-13-6-2-4-11(16)8-13/h1-8H,9,16H2,(H,17,18). The number of rotatable bonds is 4. The lowest BCUT2D eigenvalue weighted by atomic mass is 10.3. The average molecular weight is 337 g/mol. The van der Waals surface area contributed by atoms with E-state index in [4.69, 9.17) is 5.73 Å². The molecule has 0 atom stereocenters. The van der Waals surface area contributed by atoms with E-state index in [2.05, 4.69) is 21.2 Å². The Bertz CT molecular complexity index is 589. The molecule has 2 rings (SSSR count). The second-order valence-corrected chi connectivity index (χ2v) is 5.88. The van der Waals surface area contributed by atoms with Gasteiger partial charge in [0.05, 0.1) is 5.75 Å². The van der Waals surface area contributed by atoms with Crippen molar-refractivity contribution < 1.29 is 4.79 Å². The largest absolute Gasteiger partial charge is 0.399 e. The molecule has 3 nitrogen and oxygen atoms in total. The molecule has 19 heavy (non-hydrogen) atoms. The fraction of sp³-hybridized carbons (Fsp3) is 0.0714. The quantitative estimate of drug-likeness (QED) is 0.660. The maximum absolute atomic E-state index is 11.8. The van der Waals surface area contributed by atoms with E-state index in [0.717, 1.165) is 15.1 Å². The third-order valence-corrected chi connectivity index (χ3v) is 3.82. The van der Waals surface area contributed by atoms with Gasteiger partial charge in [0.2, 0.25) is 5.91 Å². The second-order valence-electron chi connectivity index (χ2n) is 3.92. The molecule has 0 bridgehead atoms. The number of nitrogen functional groups attached to an aromatic ring is 1. The summed E-state index contributed by atoms with van der Waals surface area (Å²) in [6.07, 6.45) is 0. The van der Waals surface area contributed by atoms with Gasteiger partial charge in [-0.15, -0.1) is 11.8 Å².